The molecule has 0 amide bonds. The summed E-state index contributed by atoms with van der Waals surface area (Å²) in [5.41, 5.74) is -4.40. The second-order valence-electron chi connectivity index (χ2n) is 6.83. The minimum Gasteiger partial charge on any atom is -0.397 e. The summed E-state index contributed by atoms with van der Waals surface area (Å²) in [5, 5.41) is 0. The molecule has 1 nitrogen and oxygen atoms in total. The van der Waals surface area contributed by atoms with Gasteiger partial charge in [0.15, 0.2) is 8.32 Å². The van der Waals surface area contributed by atoms with E-state index in [0.717, 1.165) is 12.1 Å². The topological polar surface area (TPSA) is 9.23 Å². The third-order valence-corrected chi connectivity index (χ3v) is 4.58. The minimum atomic E-state index is -4.87. The van der Waals surface area contributed by atoms with Gasteiger partial charge in [-0.1, -0.05) is 42.5 Å². The molecule has 0 aliphatic carbocycles. The van der Waals surface area contributed by atoms with Gasteiger partial charge in [0.2, 0.25) is 5.60 Å². The molecule has 0 aliphatic rings. The monoisotopic (exact) mass is 392 g/mol. The molecule has 0 spiro atoms. The third-order valence-electron chi connectivity index (χ3n) is 3.66. The minimum absolute atomic E-state index is 0.172. The summed E-state index contributed by atoms with van der Waals surface area (Å²) in [5.74, 6) is 0. The first-order valence-electron chi connectivity index (χ1n) is 7.77. The second-order valence-corrected chi connectivity index (χ2v) is 11.3. The summed E-state index contributed by atoms with van der Waals surface area (Å²) in [7, 11) is -2.76. The van der Waals surface area contributed by atoms with E-state index in [9.17, 15) is 26.3 Å². The van der Waals surface area contributed by atoms with Crippen LogP contribution in [0.1, 0.15) is 16.7 Å². The van der Waals surface area contributed by atoms with Crippen LogP contribution in [0, 0.1) is 0 Å². The van der Waals surface area contributed by atoms with Gasteiger partial charge in [0.1, 0.15) is 0 Å². The van der Waals surface area contributed by atoms with Crippen LogP contribution in [0.4, 0.5) is 26.3 Å². The highest BCUT2D eigenvalue weighted by molar-refractivity contribution is 6.69. The molecular formula is C18H18F6OSi. The van der Waals surface area contributed by atoms with Gasteiger partial charge in [-0.15, -0.1) is 0 Å². The summed E-state index contributed by atoms with van der Waals surface area (Å²) in [6.45, 7) is 4.79. The van der Waals surface area contributed by atoms with Crippen molar-refractivity contribution in [3.63, 3.8) is 0 Å². The van der Waals surface area contributed by atoms with E-state index in [1.807, 2.05) is 0 Å². The van der Waals surface area contributed by atoms with E-state index in [-0.39, 0.29) is 11.1 Å². The van der Waals surface area contributed by atoms with Crippen molar-refractivity contribution in [2.75, 3.05) is 0 Å². The summed E-state index contributed by atoms with van der Waals surface area (Å²) in [6.07, 6.45) is -9.50. The van der Waals surface area contributed by atoms with Crippen LogP contribution in [0.5, 0.6) is 0 Å². The van der Waals surface area contributed by atoms with Gasteiger partial charge < -0.3 is 4.43 Å². The summed E-state index contributed by atoms with van der Waals surface area (Å²) >= 11 is 0. The Hall–Kier alpha value is -1.80. The van der Waals surface area contributed by atoms with Crippen molar-refractivity contribution in [2.24, 2.45) is 0 Å². The van der Waals surface area contributed by atoms with E-state index in [1.54, 1.807) is 25.7 Å². The quantitative estimate of drug-likeness (QED) is 0.434. The zero-order chi connectivity index (χ0) is 19.8. The fourth-order valence-corrected chi connectivity index (χ4v) is 3.97. The molecule has 0 aromatic heterocycles. The predicted octanol–water partition coefficient (Wildman–Crippen LogP) is 6.36. The van der Waals surface area contributed by atoms with E-state index < -0.39 is 31.8 Å². The number of alkyl halides is 6. The van der Waals surface area contributed by atoms with Crippen LogP contribution in [0.2, 0.25) is 19.6 Å². The fourth-order valence-electron chi connectivity index (χ4n) is 2.70. The van der Waals surface area contributed by atoms with Gasteiger partial charge in [0.25, 0.3) is 0 Å². The zero-order valence-electron chi connectivity index (χ0n) is 14.4. The van der Waals surface area contributed by atoms with Gasteiger partial charge in [-0.2, -0.15) is 26.3 Å². The van der Waals surface area contributed by atoms with Gasteiger partial charge in [-0.3, -0.25) is 0 Å². The first kappa shape index (κ1) is 20.5. The maximum absolute atomic E-state index is 14.3. The van der Waals surface area contributed by atoms with Crippen LogP contribution in [0.15, 0.2) is 54.6 Å². The normalized spacial score (nSPS) is 15.6. The van der Waals surface area contributed by atoms with Crippen LogP contribution in [-0.4, -0.2) is 14.5 Å². The molecule has 2 aromatic rings. The van der Waals surface area contributed by atoms with Gasteiger partial charge in [0.05, 0.1) is 5.56 Å². The molecule has 0 radical (unpaired) electrons. The lowest BCUT2D eigenvalue weighted by atomic mass is 9.85. The smallest absolute Gasteiger partial charge is 0.397 e. The lowest BCUT2D eigenvalue weighted by Gasteiger charge is -2.41. The van der Waals surface area contributed by atoms with Crippen molar-refractivity contribution in [2.45, 2.75) is 37.6 Å². The first-order valence-corrected chi connectivity index (χ1v) is 11.2. The highest BCUT2D eigenvalue weighted by Crippen LogP contribution is 2.49. The molecule has 1 atom stereocenters. The standard InChI is InChI=1S/C18H18F6OSi/c1-26(2,3)25-16(18(22,23)24,13-7-5-4-6-8-13)14-9-11-15(12-10-14)17(19,20)21/h4-12H,1-3H3. The Bertz CT molecular complexity index is 732. The Labute approximate surface area is 148 Å². The SMILES string of the molecule is C[Si](C)(C)OC(c1ccccc1)(c1ccc(C(F)(F)F)cc1)C(F)(F)F. The second kappa shape index (κ2) is 6.73. The Morgan fingerprint density at radius 3 is 1.46 bits per heavy atom. The van der Waals surface area contributed by atoms with E-state index in [2.05, 4.69) is 0 Å². The third kappa shape index (κ3) is 4.12. The van der Waals surface area contributed by atoms with Gasteiger partial charge in [-0.25, -0.2) is 0 Å². The number of hydrogen-bond acceptors (Lipinski definition) is 1. The van der Waals surface area contributed by atoms with E-state index in [0.29, 0.717) is 12.1 Å². The molecule has 0 aliphatic heterocycles. The van der Waals surface area contributed by atoms with E-state index >= 15 is 0 Å². The van der Waals surface area contributed by atoms with Crippen LogP contribution in [-0.2, 0) is 16.2 Å². The lowest BCUT2D eigenvalue weighted by molar-refractivity contribution is -0.240. The Balaban J connectivity index is 2.74. The summed E-state index contributed by atoms with van der Waals surface area (Å²) in [6, 6.07) is 9.94. The van der Waals surface area contributed by atoms with Crippen LogP contribution in [0.25, 0.3) is 0 Å². The molecule has 8 heteroatoms. The van der Waals surface area contributed by atoms with Crippen molar-refractivity contribution >= 4 is 8.32 Å². The number of hydrogen-bond donors (Lipinski definition) is 0. The summed E-state index contributed by atoms with van der Waals surface area (Å²) in [4.78, 5) is 0. The Morgan fingerprint density at radius 1 is 0.654 bits per heavy atom. The van der Waals surface area contributed by atoms with Crippen molar-refractivity contribution in [3.8, 4) is 0 Å². The zero-order valence-corrected chi connectivity index (χ0v) is 15.4. The number of halogens is 6. The average molecular weight is 392 g/mol. The van der Waals surface area contributed by atoms with E-state index in [1.165, 1.54) is 24.3 Å². The first-order chi connectivity index (χ1) is 11.8. The molecule has 0 bridgehead atoms. The number of rotatable bonds is 4. The molecule has 0 saturated carbocycles. The van der Waals surface area contributed by atoms with Crippen molar-refractivity contribution in [3.05, 3.63) is 71.3 Å². The molecule has 1 unspecified atom stereocenters. The van der Waals surface area contributed by atoms with Crippen molar-refractivity contribution < 1.29 is 30.8 Å². The van der Waals surface area contributed by atoms with Crippen molar-refractivity contribution in [1.29, 1.82) is 0 Å². The van der Waals surface area contributed by atoms with Gasteiger partial charge in [0, 0.05) is 0 Å². The van der Waals surface area contributed by atoms with Crippen molar-refractivity contribution in [1.82, 2.24) is 0 Å². The molecule has 2 aromatic carbocycles. The molecule has 0 N–H and O–H groups in total. The molecule has 0 heterocycles. The average Bonchev–Trinajstić information content (AvgIpc) is 2.51. The molecule has 2 rings (SSSR count). The summed E-state index contributed by atoms with van der Waals surface area (Å²) < 4.78 is 86.9. The predicted molar refractivity (Wildman–Crippen MR) is 89.2 cm³/mol. The number of benzene rings is 2. The van der Waals surface area contributed by atoms with Gasteiger partial charge in [-0.05, 0) is 42.9 Å². The molecule has 0 fully saturated rings. The highest BCUT2D eigenvalue weighted by Gasteiger charge is 2.60. The highest BCUT2D eigenvalue weighted by atomic mass is 28.4. The molecule has 142 valence electrons. The Kier molecular flexibility index (Phi) is 5.31. The van der Waals surface area contributed by atoms with Crippen LogP contribution >= 0.6 is 0 Å². The fraction of sp³-hybridized carbons (Fsp3) is 0.333. The largest absolute Gasteiger partial charge is 0.425 e. The van der Waals surface area contributed by atoms with Crippen LogP contribution < -0.4 is 0 Å². The van der Waals surface area contributed by atoms with Crippen LogP contribution in [0.3, 0.4) is 0 Å². The maximum Gasteiger partial charge on any atom is 0.425 e. The molecule has 26 heavy (non-hydrogen) atoms. The molecular weight excluding hydrogens is 374 g/mol. The Morgan fingerprint density at radius 2 is 1.08 bits per heavy atom. The van der Waals surface area contributed by atoms with E-state index in [4.69, 9.17) is 4.43 Å². The lowest BCUT2D eigenvalue weighted by Crippen LogP contribution is -2.51. The maximum atomic E-state index is 14.3. The van der Waals surface area contributed by atoms with Gasteiger partial charge >= 0.3 is 12.4 Å². The molecule has 0 saturated heterocycles.